The molecule has 3 aromatic rings. The Balaban J connectivity index is 1.39. The quantitative estimate of drug-likeness (QED) is 0.639. The first kappa shape index (κ1) is 20.3. The Kier molecular flexibility index (Phi) is 5.69. The zero-order valence-electron chi connectivity index (χ0n) is 15.4. The molecule has 1 aliphatic rings. The SMILES string of the molecule is O=C(C(O)c1ccccc1F)N1Cc2cn(Sc3ccc(OC(F)F)cc3)nc2C1. The Morgan fingerprint density at radius 3 is 2.53 bits per heavy atom. The average molecular weight is 435 g/mol. The van der Waals surface area contributed by atoms with Crippen molar-refractivity contribution in [3.05, 3.63) is 77.4 Å². The van der Waals surface area contributed by atoms with Crippen LogP contribution in [0.3, 0.4) is 0 Å². The van der Waals surface area contributed by atoms with Gasteiger partial charge in [-0.25, -0.2) is 8.48 Å². The summed E-state index contributed by atoms with van der Waals surface area (Å²) in [6, 6.07) is 11.8. The summed E-state index contributed by atoms with van der Waals surface area (Å²) in [5.41, 5.74) is 1.43. The Morgan fingerprint density at radius 2 is 1.87 bits per heavy atom. The summed E-state index contributed by atoms with van der Waals surface area (Å²) in [6.45, 7) is -2.42. The van der Waals surface area contributed by atoms with Crippen molar-refractivity contribution < 1.29 is 27.8 Å². The van der Waals surface area contributed by atoms with E-state index in [1.54, 1.807) is 28.5 Å². The van der Waals surface area contributed by atoms with Gasteiger partial charge in [-0.2, -0.15) is 13.9 Å². The number of amides is 1. The second kappa shape index (κ2) is 8.41. The summed E-state index contributed by atoms with van der Waals surface area (Å²) >= 11 is 1.27. The number of nitrogens with zero attached hydrogens (tertiary/aromatic N) is 3. The van der Waals surface area contributed by atoms with Crippen LogP contribution in [0.4, 0.5) is 13.2 Å². The van der Waals surface area contributed by atoms with Gasteiger partial charge in [0.25, 0.3) is 5.91 Å². The van der Waals surface area contributed by atoms with Crippen LogP contribution in [0.25, 0.3) is 0 Å². The first-order valence-corrected chi connectivity index (χ1v) is 9.70. The lowest BCUT2D eigenvalue weighted by atomic mass is 10.1. The number of aliphatic hydroxyl groups excluding tert-OH is 1. The molecule has 1 aromatic heterocycles. The van der Waals surface area contributed by atoms with Gasteiger partial charge in [-0.05, 0) is 30.3 Å². The van der Waals surface area contributed by atoms with Gasteiger partial charge in [0.1, 0.15) is 11.6 Å². The van der Waals surface area contributed by atoms with Crippen LogP contribution in [0.5, 0.6) is 5.75 Å². The lowest BCUT2D eigenvalue weighted by molar-refractivity contribution is -0.141. The van der Waals surface area contributed by atoms with E-state index >= 15 is 0 Å². The summed E-state index contributed by atoms with van der Waals surface area (Å²) in [5, 5.41) is 14.7. The number of benzene rings is 2. The zero-order valence-corrected chi connectivity index (χ0v) is 16.2. The molecule has 2 heterocycles. The van der Waals surface area contributed by atoms with Crippen molar-refractivity contribution in [2.75, 3.05) is 0 Å². The largest absolute Gasteiger partial charge is 0.435 e. The Morgan fingerprint density at radius 1 is 1.13 bits per heavy atom. The van der Waals surface area contributed by atoms with E-state index < -0.39 is 24.4 Å². The maximum absolute atomic E-state index is 13.8. The Hall–Kier alpha value is -2.98. The molecule has 10 heteroatoms. The molecule has 2 aromatic carbocycles. The third kappa shape index (κ3) is 4.29. The van der Waals surface area contributed by atoms with Crippen molar-refractivity contribution in [2.24, 2.45) is 0 Å². The normalized spacial score (nSPS) is 14.1. The van der Waals surface area contributed by atoms with Crippen molar-refractivity contribution in [3.63, 3.8) is 0 Å². The Labute approximate surface area is 174 Å². The van der Waals surface area contributed by atoms with Gasteiger partial charge >= 0.3 is 6.61 Å². The number of halogens is 3. The molecule has 1 unspecified atom stereocenters. The summed E-state index contributed by atoms with van der Waals surface area (Å²) < 4.78 is 44.2. The van der Waals surface area contributed by atoms with Crippen molar-refractivity contribution in [2.45, 2.75) is 30.7 Å². The standard InChI is InChI=1S/C20H16F3N3O3S/c21-16-4-2-1-3-15(16)18(27)19(28)25-9-12-10-26(24-17(12)11-25)30-14-7-5-13(6-8-14)29-20(22)23/h1-8,10,18,20,27H,9,11H2. The number of hydrogen-bond donors (Lipinski definition) is 1. The molecular weight excluding hydrogens is 419 g/mol. The predicted octanol–water partition coefficient (Wildman–Crippen LogP) is 3.75. The minimum absolute atomic E-state index is 0.0630. The van der Waals surface area contributed by atoms with Crippen LogP contribution in [0.15, 0.2) is 59.6 Å². The molecule has 0 fully saturated rings. The van der Waals surface area contributed by atoms with Crippen molar-refractivity contribution in [3.8, 4) is 5.75 Å². The molecule has 1 N–H and O–H groups in total. The molecular formula is C20H16F3N3O3S. The smallest absolute Gasteiger partial charge is 0.387 e. The second-order valence-corrected chi connectivity index (χ2v) is 7.59. The van der Waals surface area contributed by atoms with Gasteiger partial charge in [0.2, 0.25) is 0 Å². The molecule has 1 atom stereocenters. The lowest BCUT2D eigenvalue weighted by Gasteiger charge is -2.20. The highest BCUT2D eigenvalue weighted by Gasteiger charge is 2.32. The summed E-state index contributed by atoms with van der Waals surface area (Å²) in [6.07, 6.45) is 0.178. The molecule has 30 heavy (non-hydrogen) atoms. The number of fused-ring (bicyclic) bond motifs is 1. The maximum atomic E-state index is 13.8. The Bertz CT molecular complexity index is 1040. The van der Waals surface area contributed by atoms with Gasteiger partial charge in [0, 0.05) is 40.7 Å². The average Bonchev–Trinajstić information content (AvgIpc) is 3.27. The van der Waals surface area contributed by atoms with Crippen LogP contribution in [0.2, 0.25) is 0 Å². The van der Waals surface area contributed by atoms with Gasteiger partial charge < -0.3 is 14.7 Å². The molecule has 0 saturated heterocycles. The fraction of sp³-hybridized carbons (Fsp3) is 0.200. The van der Waals surface area contributed by atoms with E-state index in [2.05, 4.69) is 9.84 Å². The number of carbonyl (C=O) groups excluding carboxylic acids is 1. The van der Waals surface area contributed by atoms with Crippen molar-refractivity contribution >= 4 is 17.9 Å². The lowest BCUT2D eigenvalue weighted by Crippen LogP contribution is -2.31. The van der Waals surface area contributed by atoms with E-state index in [1.807, 2.05) is 0 Å². The molecule has 0 radical (unpaired) electrons. The number of aliphatic hydroxyl groups is 1. The number of aromatic nitrogens is 2. The molecule has 6 nitrogen and oxygen atoms in total. The highest BCUT2D eigenvalue weighted by Crippen LogP contribution is 2.29. The van der Waals surface area contributed by atoms with Crippen LogP contribution in [-0.4, -0.2) is 31.7 Å². The van der Waals surface area contributed by atoms with E-state index in [0.29, 0.717) is 5.69 Å². The number of hydrogen-bond acceptors (Lipinski definition) is 5. The second-order valence-electron chi connectivity index (χ2n) is 6.56. The van der Waals surface area contributed by atoms with Crippen LogP contribution in [0, 0.1) is 5.82 Å². The van der Waals surface area contributed by atoms with Gasteiger partial charge in [-0.15, -0.1) is 0 Å². The first-order valence-electron chi connectivity index (χ1n) is 8.92. The monoisotopic (exact) mass is 435 g/mol. The topological polar surface area (TPSA) is 67.6 Å². The van der Waals surface area contributed by atoms with Crippen LogP contribution in [-0.2, 0) is 17.9 Å². The van der Waals surface area contributed by atoms with Gasteiger partial charge in [0.05, 0.1) is 12.2 Å². The maximum Gasteiger partial charge on any atom is 0.387 e. The number of alkyl halides is 2. The van der Waals surface area contributed by atoms with E-state index in [9.17, 15) is 23.1 Å². The number of rotatable bonds is 6. The van der Waals surface area contributed by atoms with E-state index in [0.717, 1.165) is 10.5 Å². The van der Waals surface area contributed by atoms with Gasteiger partial charge in [-0.1, -0.05) is 18.2 Å². The van der Waals surface area contributed by atoms with Crippen molar-refractivity contribution in [1.29, 1.82) is 0 Å². The van der Waals surface area contributed by atoms with Gasteiger partial charge in [0.15, 0.2) is 6.10 Å². The van der Waals surface area contributed by atoms with Crippen LogP contribution < -0.4 is 4.74 Å². The molecule has 0 bridgehead atoms. The van der Waals surface area contributed by atoms with Crippen molar-refractivity contribution in [1.82, 2.24) is 14.1 Å². The van der Waals surface area contributed by atoms with E-state index in [4.69, 9.17) is 0 Å². The minimum Gasteiger partial charge on any atom is -0.435 e. The van der Waals surface area contributed by atoms with E-state index in [-0.39, 0.29) is 24.4 Å². The summed E-state index contributed by atoms with van der Waals surface area (Å²) in [5.74, 6) is -1.16. The molecule has 1 aliphatic heterocycles. The highest BCUT2D eigenvalue weighted by atomic mass is 32.2. The number of carbonyl (C=O) groups is 1. The summed E-state index contributed by atoms with van der Waals surface area (Å²) in [4.78, 5) is 14.7. The minimum atomic E-state index is -2.87. The number of ether oxygens (including phenoxy) is 1. The van der Waals surface area contributed by atoms with Gasteiger partial charge in [-0.3, -0.25) is 4.79 Å². The molecule has 4 rings (SSSR count). The molecule has 156 valence electrons. The molecule has 0 spiro atoms. The molecule has 1 amide bonds. The first-order chi connectivity index (χ1) is 14.4. The third-order valence-electron chi connectivity index (χ3n) is 4.55. The third-order valence-corrected chi connectivity index (χ3v) is 5.41. The fourth-order valence-corrected chi connectivity index (χ4v) is 3.92. The predicted molar refractivity (Wildman–Crippen MR) is 102 cm³/mol. The molecule has 0 saturated carbocycles. The zero-order chi connectivity index (χ0) is 21.3. The fourth-order valence-electron chi connectivity index (χ4n) is 3.12. The molecule has 0 aliphatic carbocycles. The van der Waals surface area contributed by atoms with Crippen LogP contribution in [0.1, 0.15) is 22.9 Å². The van der Waals surface area contributed by atoms with Crippen LogP contribution >= 0.6 is 11.9 Å². The van der Waals surface area contributed by atoms with E-state index in [1.165, 1.54) is 47.2 Å². The highest BCUT2D eigenvalue weighted by molar-refractivity contribution is 7.97. The summed E-state index contributed by atoms with van der Waals surface area (Å²) in [7, 11) is 0.